The Morgan fingerprint density at radius 3 is 2.63 bits per heavy atom. The van der Waals surface area contributed by atoms with Crippen LogP contribution in [0.5, 0.6) is 5.75 Å². The Labute approximate surface area is 108 Å². The molecule has 100 valence electrons. The van der Waals surface area contributed by atoms with Gasteiger partial charge in [0.2, 0.25) is 0 Å². The predicted molar refractivity (Wildman–Crippen MR) is 62.6 cm³/mol. The van der Waals surface area contributed by atoms with Crippen molar-refractivity contribution in [2.24, 2.45) is 0 Å². The fraction of sp³-hybridized carbons (Fsp3) is 0.231. The molecule has 0 aliphatic rings. The van der Waals surface area contributed by atoms with Crippen molar-refractivity contribution in [3.63, 3.8) is 0 Å². The molecule has 0 bridgehead atoms. The number of rotatable bonds is 4. The lowest BCUT2D eigenvalue weighted by molar-refractivity contribution is -0.274. The maximum absolute atomic E-state index is 12.1. The molecule has 0 atom stereocenters. The zero-order chi connectivity index (χ0) is 13.7. The highest BCUT2D eigenvalue weighted by atomic mass is 19.4. The number of hydrogen-bond acceptors (Lipinski definition) is 3. The molecule has 19 heavy (non-hydrogen) atoms. The summed E-state index contributed by atoms with van der Waals surface area (Å²) in [6.07, 6.45) is 1.32. The topological polar surface area (TPSA) is 35.0 Å². The van der Waals surface area contributed by atoms with E-state index in [-0.39, 0.29) is 5.75 Å². The maximum atomic E-state index is 12.1. The van der Waals surface area contributed by atoms with Gasteiger partial charge >= 0.3 is 6.36 Å². The zero-order valence-electron chi connectivity index (χ0n) is 9.89. The lowest BCUT2D eigenvalue weighted by Crippen LogP contribution is -2.17. The van der Waals surface area contributed by atoms with Crippen LogP contribution in [0.1, 0.15) is 11.3 Å². The summed E-state index contributed by atoms with van der Waals surface area (Å²) >= 11 is 0. The summed E-state index contributed by atoms with van der Waals surface area (Å²) in [7, 11) is 0. The molecule has 0 radical (unpaired) electrons. The van der Waals surface area contributed by atoms with Gasteiger partial charge in [-0.25, -0.2) is 0 Å². The molecule has 2 aromatic rings. The second-order valence-corrected chi connectivity index (χ2v) is 3.89. The Morgan fingerprint density at radius 1 is 1.11 bits per heavy atom. The van der Waals surface area contributed by atoms with Gasteiger partial charge in [0.1, 0.15) is 5.75 Å². The largest absolute Gasteiger partial charge is 0.573 e. The lowest BCUT2D eigenvalue weighted by Gasteiger charge is -2.09. The van der Waals surface area contributed by atoms with E-state index < -0.39 is 6.36 Å². The summed E-state index contributed by atoms with van der Waals surface area (Å²) in [6, 6.07) is 5.94. The fourth-order valence-corrected chi connectivity index (χ4v) is 1.63. The standard InChI is InChI=1S/C13H11F3N2O/c14-13(15,16)19-12-3-1-2-10(8-12)4-5-11-9-17-6-7-18-11/h1-3,6-9H,4-5H2. The fourth-order valence-electron chi connectivity index (χ4n) is 1.63. The molecule has 2 rings (SSSR count). The normalized spacial score (nSPS) is 11.3. The first kappa shape index (κ1) is 13.3. The second-order valence-electron chi connectivity index (χ2n) is 3.89. The van der Waals surface area contributed by atoms with Crippen LogP contribution >= 0.6 is 0 Å². The molecule has 6 heteroatoms. The quantitative estimate of drug-likeness (QED) is 0.854. The average molecular weight is 268 g/mol. The van der Waals surface area contributed by atoms with Crippen LogP contribution in [0.15, 0.2) is 42.9 Å². The Morgan fingerprint density at radius 2 is 1.95 bits per heavy atom. The number of aromatic nitrogens is 2. The van der Waals surface area contributed by atoms with Crippen molar-refractivity contribution in [3.8, 4) is 5.75 Å². The van der Waals surface area contributed by atoms with Gasteiger partial charge in [-0.3, -0.25) is 9.97 Å². The molecule has 0 unspecified atom stereocenters. The molecule has 0 fully saturated rings. The number of ether oxygens (including phenoxy) is 1. The molecule has 1 aromatic heterocycles. The van der Waals surface area contributed by atoms with Gasteiger partial charge in [0.25, 0.3) is 0 Å². The summed E-state index contributed by atoms with van der Waals surface area (Å²) < 4.78 is 40.1. The van der Waals surface area contributed by atoms with Gasteiger partial charge < -0.3 is 4.74 Å². The van der Waals surface area contributed by atoms with Crippen molar-refractivity contribution in [2.45, 2.75) is 19.2 Å². The van der Waals surface area contributed by atoms with Gasteiger partial charge in [0, 0.05) is 18.6 Å². The van der Waals surface area contributed by atoms with E-state index in [1.807, 2.05) is 0 Å². The van der Waals surface area contributed by atoms with E-state index in [2.05, 4.69) is 14.7 Å². The van der Waals surface area contributed by atoms with E-state index in [1.165, 1.54) is 18.2 Å². The van der Waals surface area contributed by atoms with Gasteiger partial charge in [0.05, 0.1) is 5.69 Å². The van der Waals surface area contributed by atoms with Gasteiger partial charge in [-0.2, -0.15) is 0 Å². The van der Waals surface area contributed by atoms with Crippen molar-refractivity contribution >= 4 is 0 Å². The van der Waals surface area contributed by atoms with Gasteiger partial charge in [-0.15, -0.1) is 13.2 Å². The molecule has 1 heterocycles. The highest BCUT2D eigenvalue weighted by Crippen LogP contribution is 2.23. The molecule has 1 aromatic carbocycles. The number of aryl methyl sites for hydroxylation is 2. The lowest BCUT2D eigenvalue weighted by atomic mass is 10.1. The molecule has 0 aliphatic heterocycles. The third-order valence-corrected chi connectivity index (χ3v) is 2.42. The summed E-state index contributed by atoms with van der Waals surface area (Å²) in [5, 5.41) is 0. The molecule has 0 N–H and O–H groups in total. The Bertz CT molecular complexity index is 529. The highest BCUT2D eigenvalue weighted by Gasteiger charge is 2.31. The van der Waals surface area contributed by atoms with Gasteiger partial charge in [0.15, 0.2) is 0 Å². The first-order valence-electron chi connectivity index (χ1n) is 5.62. The summed E-state index contributed by atoms with van der Waals surface area (Å²) in [4.78, 5) is 8.03. The van der Waals surface area contributed by atoms with Crippen LogP contribution in [0.25, 0.3) is 0 Å². The first-order valence-corrected chi connectivity index (χ1v) is 5.62. The Kier molecular flexibility index (Phi) is 3.99. The number of halogens is 3. The number of benzene rings is 1. The Hall–Kier alpha value is -2.11. The number of nitrogens with zero attached hydrogens (tertiary/aromatic N) is 2. The molecule has 0 spiro atoms. The van der Waals surface area contributed by atoms with Crippen LogP contribution in [-0.2, 0) is 12.8 Å². The van der Waals surface area contributed by atoms with E-state index in [0.29, 0.717) is 12.8 Å². The van der Waals surface area contributed by atoms with Crippen LogP contribution in [-0.4, -0.2) is 16.3 Å². The van der Waals surface area contributed by atoms with Crippen LogP contribution in [0.4, 0.5) is 13.2 Å². The van der Waals surface area contributed by atoms with Crippen LogP contribution in [0.2, 0.25) is 0 Å². The van der Waals surface area contributed by atoms with Crippen LogP contribution in [0.3, 0.4) is 0 Å². The number of hydrogen-bond donors (Lipinski definition) is 0. The molecule has 3 nitrogen and oxygen atoms in total. The smallest absolute Gasteiger partial charge is 0.406 e. The molecule has 0 saturated carbocycles. The second kappa shape index (κ2) is 5.69. The first-order chi connectivity index (χ1) is 9.03. The van der Waals surface area contributed by atoms with Gasteiger partial charge in [-0.1, -0.05) is 12.1 Å². The summed E-state index contributed by atoms with van der Waals surface area (Å²) in [5.74, 6) is -0.204. The van der Waals surface area contributed by atoms with E-state index >= 15 is 0 Å². The zero-order valence-corrected chi connectivity index (χ0v) is 9.89. The molecule has 0 amide bonds. The average Bonchev–Trinajstić information content (AvgIpc) is 2.36. The van der Waals surface area contributed by atoms with E-state index in [1.54, 1.807) is 24.7 Å². The van der Waals surface area contributed by atoms with Crippen molar-refractivity contribution < 1.29 is 17.9 Å². The molecule has 0 saturated heterocycles. The third-order valence-electron chi connectivity index (χ3n) is 2.42. The minimum atomic E-state index is -4.66. The minimum Gasteiger partial charge on any atom is -0.406 e. The molecular weight excluding hydrogens is 257 g/mol. The van der Waals surface area contributed by atoms with E-state index in [9.17, 15) is 13.2 Å². The van der Waals surface area contributed by atoms with Crippen LogP contribution in [0, 0.1) is 0 Å². The molecular formula is C13H11F3N2O. The van der Waals surface area contributed by atoms with Crippen molar-refractivity contribution in [2.75, 3.05) is 0 Å². The van der Waals surface area contributed by atoms with Crippen molar-refractivity contribution in [1.29, 1.82) is 0 Å². The molecule has 0 aliphatic carbocycles. The third kappa shape index (κ3) is 4.57. The monoisotopic (exact) mass is 268 g/mol. The van der Waals surface area contributed by atoms with E-state index in [0.717, 1.165) is 11.3 Å². The van der Waals surface area contributed by atoms with E-state index in [4.69, 9.17) is 0 Å². The summed E-state index contributed by atoms with van der Waals surface area (Å²) in [6.45, 7) is 0. The Balaban J connectivity index is 1.99. The minimum absolute atomic E-state index is 0.204. The van der Waals surface area contributed by atoms with Crippen LogP contribution < -0.4 is 4.74 Å². The SMILES string of the molecule is FC(F)(F)Oc1cccc(CCc2cnccn2)c1. The maximum Gasteiger partial charge on any atom is 0.573 e. The number of alkyl halides is 3. The van der Waals surface area contributed by atoms with Gasteiger partial charge in [-0.05, 0) is 30.5 Å². The highest BCUT2D eigenvalue weighted by molar-refractivity contribution is 5.29. The van der Waals surface area contributed by atoms with Crippen molar-refractivity contribution in [1.82, 2.24) is 9.97 Å². The van der Waals surface area contributed by atoms with Crippen molar-refractivity contribution in [3.05, 3.63) is 54.1 Å². The predicted octanol–water partition coefficient (Wildman–Crippen LogP) is 3.16. The summed E-state index contributed by atoms with van der Waals surface area (Å²) in [5.41, 5.74) is 1.55.